The quantitative estimate of drug-likeness (QED) is 0.717. The minimum Gasteiger partial charge on any atom is -0.380 e. The molecule has 0 aromatic carbocycles. The van der Waals surface area contributed by atoms with E-state index in [1.807, 2.05) is 19.1 Å². The third-order valence-corrected chi connectivity index (χ3v) is 5.15. The van der Waals surface area contributed by atoms with Gasteiger partial charge in [-0.05, 0) is 56.3 Å². The molecule has 1 amide bonds. The molecule has 138 valence electrons. The van der Waals surface area contributed by atoms with E-state index in [4.69, 9.17) is 9.47 Å². The fourth-order valence-electron chi connectivity index (χ4n) is 3.70. The van der Waals surface area contributed by atoms with Crippen LogP contribution in [0.2, 0.25) is 0 Å². The molecule has 3 rings (SSSR count). The maximum atomic E-state index is 12.4. The van der Waals surface area contributed by atoms with Gasteiger partial charge in [-0.2, -0.15) is 0 Å². The van der Waals surface area contributed by atoms with Gasteiger partial charge in [-0.15, -0.1) is 0 Å². The molecule has 1 N–H and O–H groups in total. The predicted octanol–water partition coefficient (Wildman–Crippen LogP) is 1.26. The lowest BCUT2D eigenvalue weighted by Gasteiger charge is -2.33. The molecule has 1 aromatic rings. The van der Waals surface area contributed by atoms with Gasteiger partial charge in [0.05, 0.1) is 12.7 Å². The summed E-state index contributed by atoms with van der Waals surface area (Å²) in [5.41, 5.74) is 1.18. The summed E-state index contributed by atoms with van der Waals surface area (Å²) in [4.78, 5) is 18.8. The second-order valence-electron chi connectivity index (χ2n) is 6.84. The molecular formula is C19H29N3O3. The van der Waals surface area contributed by atoms with E-state index in [1.54, 1.807) is 12.4 Å². The molecule has 3 heterocycles. The third-order valence-electron chi connectivity index (χ3n) is 5.15. The minimum absolute atomic E-state index is 0.0318. The SMILES string of the molecule is CCOCCN1CC[C@@H]2C[C@@H](C(=O)NCCc3ccncc3)O[C@H]2C1. The molecule has 0 radical (unpaired) electrons. The van der Waals surface area contributed by atoms with Crippen LogP contribution < -0.4 is 5.32 Å². The Kier molecular flexibility index (Phi) is 6.78. The van der Waals surface area contributed by atoms with E-state index < -0.39 is 0 Å². The van der Waals surface area contributed by atoms with Gasteiger partial charge in [-0.3, -0.25) is 14.7 Å². The second-order valence-corrected chi connectivity index (χ2v) is 6.84. The summed E-state index contributed by atoms with van der Waals surface area (Å²) in [6.45, 7) is 7.13. The van der Waals surface area contributed by atoms with E-state index in [2.05, 4.69) is 15.2 Å². The van der Waals surface area contributed by atoms with Gasteiger partial charge in [0.2, 0.25) is 5.91 Å². The zero-order valence-corrected chi connectivity index (χ0v) is 15.0. The molecule has 1 aromatic heterocycles. The van der Waals surface area contributed by atoms with Crippen molar-refractivity contribution >= 4 is 5.91 Å². The maximum absolute atomic E-state index is 12.4. The summed E-state index contributed by atoms with van der Waals surface area (Å²) in [6.07, 6.45) is 6.23. The Morgan fingerprint density at radius 2 is 2.28 bits per heavy atom. The lowest BCUT2D eigenvalue weighted by molar-refractivity contribution is -0.132. The van der Waals surface area contributed by atoms with Crippen LogP contribution in [0.1, 0.15) is 25.3 Å². The zero-order chi connectivity index (χ0) is 17.5. The zero-order valence-electron chi connectivity index (χ0n) is 15.0. The molecule has 0 saturated carbocycles. The van der Waals surface area contributed by atoms with Gasteiger partial charge in [0.25, 0.3) is 0 Å². The Bertz CT molecular complexity index is 540. The molecule has 2 saturated heterocycles. The highest BCUT2D eigenvalue weighted by atomic mass is 16.5. The van der Waals surface area contributed by atoms with Gasteiger partial charge >= 0.3 is 0 Å². The molecule has 2 fully saturated rings. The molecule has 6 nitrogen and oxygen atoms in total. The van der Waals surface area contributed by atoms with E-state index in [-0.39, 0.29) is 18.1 Å². The highest BCUT2D eigenvalue weighted by Crippen LogP contribution is 2.33. The summed E-state index contributed by atoms with van der Waals surface area (Å²) in [7, 11) is 0. The van der Waals surface area contributed by atoms with E-state index in [9.17, 15) is 4.79 Å². The third kappa shape index (κ3) is 5.23. The van der Waals surface area contributed by atoms with Crippen LogP contribution in [0.5, 0.6) is 0 Å². The monoisotopic (exact) mass is 347 g/mol. The molecule has 6 heteroatoms. The number of nitrogens with zero attached hydrogens (tertiary/aromatic N) is 2. The molecule has 0 spiro atoms. The lowest BCUT2D eigenvalue weighted by Crippen LogP contribution is -2.43. The second kappa shape index (κ2) is 9.27. The van der Waals surface area contributed by atoms with Crippen LogP contribution in [-0.4, -0.2) is 67.4 Å². The van der Waals surface area contributed by atoms with Crippen LogP contribution >= 0.6 is 0 Å². The average Bonchev–Trinajstić information content (AvgIpc) is 3.06. The number of rotatable bonds is 8. The molecule has 2 aliphatic rings. The fraction of sp³-hybridized carbons (Fsp3) is 0.684. The number of amides is 1. The normalized spacial score (nSPS) is 26.4. The van der Waals surface area contributed by atoms with Gasteiger partial charge in [0, 0.05) is 38.6 Å². The van der Waals surface area contributed by atoms with Crippen LogP contribution in [0.3, 0.4) is 0 Å². The number of pyridine rings is 1. The minimum atomic E-state index is -0.292. The number of hydrogen-bond donors (Lipinski definition) is 1. The van der Waals surface area contributed by atoms with Gasteiger partial charge in [0.1, 0.15) is 6.10 Å². The van der Waals surface area contributed by atoms with E-state index in [1.165, 1.54) is 5.56 Å². The number of piperidine rings is 1. The first kappa shape index (κ1) is 18.3. The Balaban J connectivity index is 1.39. The average molecular weight is 347 g/mol. The molecule has 0 aliphatic carbocycles. The van der Waals surface area contributed by atoms with Gasteiger partial charge in [0.15, 0.2) is 0 Å². The Morgan fingerprint density at radius 3 is 3.08 bits per heavy atom. The molecule has 0 bridgehead atoms. The van der Waals surface area contributed by atoms with Crippen molar-refractivity contribution < 1.29 is 14.3 Å². The van der Waals surface area contributed by atoms with Crippen LogP contribution in [0.15, 0.2) is 24.5 Å². The summed E-state index contributed by atoms with van der Waals surface area (Å²) in [5.74, 6) is 0.545. The fourth-order valence-corrected chi connectivity index (χ4v) is 3.70. The number of carbonyl (C=O) groups excluding carboxylic acids is 1. The molecule has 0 unspecified atom stereocenters. The Labute approximate surface area is 149 Å². The first-order valence-corrected chi connectivity index (χ1v) is 9.38. The van der Waals surface area contributed by atoms with Crippen LogP contribution in [-0.2, 0) is 20.7 Å². The van der Waals surface area contributed by atoms with Crippen molar-refractivity contribution in [3.63, 3.8) is 0 Å². The first-order valence-electron chi connectivity index (χ1n) is 9.38. The topological polar surface area (TPSA) is 63.7 Å². The van der Waals surface area contributed by atoms with E-state index in [0.29, 0.717) is 12.5 Å². The highest BCUT2D eigenvalue weighted by molar-refractivity contribution is 5.81. The molecule has 3 atom stereocenters. The maximum Gasteiger partial charge on any atom is 0.249 e. The summed E-state index contributed by atoms with van der Waals surface area (Å²) < 4.78 is 11.5. The number of likely N-dealkylation sites (tertiary alicyclic amines) is 1. The number of carbonyl (C=O) groups is 1. The van der Waals surface area contributed by atoms with Crippen LogP contribution in [0.4, 0.5) is 0 Å². The van der Waals surface area contributed by atoms with Crippen molar-refractivity contribution in [3.8, 4) is 0 Å². The van der Waals surface area contributed by atoms with Crippen LogP contribution in [0, 0.1) is 5.92 Å². The Hall–Kier alpha value is -1.50. The van der Waals surface area contributed by atoms with Gasteiger partial charge in [-0.1, -0.05) is 0 Å². The number of nitrogens with one attached hydrogen (secondary N) is 1. The molecule has 2 aliphatic heterocycles. The van der Waals surface area contributed by atoms with Crippen molar-refractivity contribution in [1.82, 2.24) is 15.2 Å². The van der Waals surface area contributed by atoms with Crippen molar-refractivity contribution in [3.05, 3.63) is 30.1 Å². The van der Waals surface area contributed by atoms with Gasteiger partial charge < -0.3 is 14.8 Å². The van der Waals surface area contributed by atoms with Crippen molar-refractivity contribution in [2.45, 2.75) is 38.4 Å². The first-order chi connectivity index (χ1) is 12.3. The lowest BCUT2D eigenvalue weighted by atomic mass is 9.91. The van der Waals surface area contributed by atoms with E-state index in [0.717, 1.165) is 52.1 Å². The summed E-state index contributed by atoms with van der Waals surface area (Å²) in [5, 5.41) is 3.02. The summed E-state index contributed by atoms with van der Waals surface area (Å²) >= 11 is 0. The molecule has 25 heavy (non-hydrogen) atoms. The number of aromatic nitrogens is 1. The highest BCUT2D eigenvalue weighted by Gasteiger charge is 2.41. The molecular weight excluding hydrogens is 318 g/mol. The van der Waals surface area contributed by atoms with Gasteiger partial charge in [-0.25, -0.2) is 0 Å². The van der Waals surface area contributed by atoms with Crippen LogP contribution in [0.25, 0.3) is 0 Å². The van der Waals surface area contributed by atoms with Crippen molar-refractivity contribution in [1.29, 1.82) is 0 Å². The predicted molar refractivity (Wildman–Crippen MR) is 95.3 cm³/mol. The van der Waals surface area contributed by atoms with Crippen molar-refractivity contribution in [2.75, 3.05) is 39.4 Å². The van der Waals surface area contributed by atoms with E-state index >= 15 is 0 Å². The smallest absolute Gasteiger partial charge is 0.249 e. The Morgan fingerprint density at radius 1 is 1.44 bits per heavy atom. The largest absolute Gasteiger partial charge is 0.380 e. The standard InChI is InChI=1S/C19H29N3O3/c1-2-24-12-11-22-10-6-16-13-17(25-18(16)14-22)19(23)21-9-5-15-3-7-20-8-4-15/h3-4,7-8,16-18H,2,5-6,9-14H2,1H3,(H,21,23)/t16-,17+,18+/m1/s1. The number of fused-ring (bicyclic) bond motifs is 1. The number of hydrogen-bond acceptors (Lipinski definition) is 5. The van der Waals surface area contributed by atoms with Crippen molar-refractivity contribution in [2.24, 2.45) is 5.92 Å². The summed E-state index contributed by atoms with van der Waals surface area (Å²) in [6, 6.07) is 3.95. The number of ether oxygens (including phenoxy) is 2.